The lowest BCUT2D eigenvalue weighted by atomic mass is 9.87. The molecule has 0 saturated carbocycles. The Labute approximate surface area is 163 Å². The highest BCUT2D eigenvalue weighted by Gasteiger charge is 2.40. The molecule has 0 aromatic heterocycles. The Kier molecular flexibility index (Phi) is 10.1. The third-order valence-electron chi connectivity index (χ3n) is 4.46. The molecule has 0 spiro atoms. The van der Waals surface area contributed by atoms with Crippen molar-refractivity contribution in [2.75, 3.05) is 26.2 Å². The minimum Gasteiger partial charge on any atom is -0.314 e. The van der Waals surface area contributed by atoms with Gasteiger partial charge in [0.25, 0.3) is 0 Å². The van der Waals surface area contributed by atoms with E-state index < -0.39 is 23.6 Å². The van der Waals surface area contributed by atoms with Crippen LogP contribution in [0.1, 0.15) is 37.4 Å². The van der Waals surface area contributed by atoms with Crippen LogP contribution in [0.25, 0.3) is 0 Å². The van der Waals surface area contributed by atoms with Gasteiger partial charge in [-0.05, 0) is 18.1 Å². The first kappa shape index (κ1) is 24.7. The Morgan fingerprint density at radius 2 is 1.76 bits per heavy atom. The number of piperazine rings is 1. The Hall–Kier alpha value is -0.270. The second-order valence-corrected chi connectivity index (χ2v) is 6.34. The quantitative estimate of drug-likeness (QED) is 0.656. The molecule has 1 saturated heterocycles. The van der Waals surface area contributed by atoms with Crippen LogP contribution in [0.4, 0.5) is 17.6 Å². The van der Waals surface area contributed by atoms with Crippen LogP contribution < -0.4 is 5.32 Å². The summed E-state index contributed by atoms with van der Waals surface area (Å²) in [5.74, 6) is -1.08. The summed E-state index contributed by atoms with van der Waals surface area (Å²) < 4.78 is 54.9. The normalized spacial score (nSPS) is 18.0. The molecule has 0 bridgehead atoms. The van der Waals surface area contributed by atoms with Gasteiger partial charge in [0, 0.05) is 37.8 Å². The molecule has 1 fully saturated rings. The molecule has 9 heteroatoms. The summed E-state index contributed by atoms with van der Waals surface area (Å²) in [6.07, 6.45) is -3.96. The van der Waals surface area contributed by atoms with Gasteiger partial charge in [0.05, 0.1) is 10.6 Å². The molecular weight excluding hydrogens is 403 g/mol. The topological polar surface area (TPSA) is 15.3 Å². The first-order valence-corrected chi connectivity index (χ1v) is 8.15. The molecule has 1 aliphatic rings. The van der Waals surface area contributed by atoms with E-state index in [2.05, 4.69) is 5.32 Å². The van der Waals surface area contributed by atoms with E-state index in [-0.39, 0.29) is 41.3 Å². The number of hydrogen-bond donors (Lipinski definition) is 1. The van der Waals surface area contributed by atoms with Crippen molar-refractivity contribution in [1.29, 1.82) is 0 Å². The van der Waals surface area contributed by atoms with Gasteiger partial charge in [-0.25, -0.2) is 4.39 Å². The summed E-state index contributed by atoms with van der Waals surface area (Å²) in [6.45, 7) is 6.27. The number of nitrogens with one attached hydrogen (secondary N) is 1. The molecule has 1 unspecified atom stereocenters. The molecule has 1 aromatic carbocycles. The van der Waals surface area contributed by atoms with E-state index in [0.717, 1.165) is 12.1 Å². The number of hydrogen-bond acceptors (Lipinski definition) is 2. The molecule has 0 radical (unpaired) electrons. The van der Waals surface area contributed by atoms with Crippen molar-refractivity contribution < 1.29 is 17.6 Å². The van der Waals surface area contributed by atoms with Crippen LogP contribution in [-0.2, 0) is 6.18 Å². The maximum atomic E-state index is 14.6. The fourth-order valence-corrected chi connectivity index (χ4v) is 3.28. The van der Waals surface area contributed by atoms with Gasteiger partial charge in [-0.3, -0.25) is 4.90 Å². The SMILES string of the molecule is CCC(C)[C@@H](c1c(C(F)(F)F)ccc(Cl)c1F)N1CCNCC1.Cl.Cl. The lowest BCUT2D eigenvalue weighted by molar-refractivity contribution is -0.139. The van der Waals surface area contributed by atoms with E-state index in [1.165, 1.54) is 0 Å². The first-order chi connectivity index (χ1) is 10.8. The molecule has 25 heavy (non-hydrogen) atoms. The molecule has 2 nitrogen and oxygen atoms in total. The molecule has 0 amide bonds. The molecular formula is C16H23Cl3F4N2. The largest absolute Gasteiger partial charge is 0.416 e. The second-order valence-electron chi connectivity index (χ2n) is 5.94. The van der Waals surface area contributed by atoms with Crippen LogP contribution in [0, 0.1) is 11.7 Å². The monoisotopic (exact) mass is 424 g/mol. The highest BCUT2D eigenvalue weighted by molar-refractivity contribution is 6.30. The van der Waals surface area contributed by atoms with Crippen molar-refractivity contribution in [2.45, 2.75) is 32.5 Å². The summed E-state index contributed by atoms with van der Waals surface area (Å²) in [7, 11) is 0. The highest BCUT2D eigenvalue weighted by Crippen LogP contribution is 2.42. The smallest absolute Gasteiger partial charge is 0.314 e. The van der Waals surface area contributed by atoms with E-state index >= 15 is 0 Å². The van der Waals surface area contributed by atoms with Gasteiger partial charge < -0.3 is 5.32 Å². The van der Waals surface area contributed by atoms with Gasteiger partial charge in [0.1, 0.15) is 5.82 Å². The molecule has 1 heterocycles. The minimum atomic E-state index is -4.61. The van der Waals surface area contributed by atoms with Gasteiger partial charge in [-0.1, -0.05) is 31.9 Å². The van der Waals surface area contributed by atoms with Crippen molar-refractivity contribution in [3.63, 3.8) is 0 Å². The number of benzene rings is 1. The van der Waals surface area contributed by atoms with E-state index in [0.29, 0.717) is 32.6 Å². The second kappa shape index (κ2) is 10.2. The van der Waals surface area contributed by atoms with Crippen LogP contribution in [0.5, 0.6) is 0 Å². The predicted octanol–water partition coefficient (Wildman–Crippen LogP) is 5.33. The van der Waals surface area contributed by atoms with Crippen LogP contribution >= 0.6 is 36.4 Å². The summed E-state index contributed by atoms with van der Waals surface area (Å²) in [5, 5.41) is 2.90. The summed E-state index contributed by atoms with van der Waals surface area (Å²) in [6, 6.07) is 1.23. The maximum absolute atomic E-state index is 14.6. The third-order valence-corrected chi connectivity index (χ3v) is 4.75. The minimum absolute atomic E-state index is 0. The van der Waals surface area contributed by atoms with Gasteiger partial charge in [-0.15, -0.1) is 24.8 Å². The van der Waals surface area contributed by atoms with Gasteiger partial charge in [0.2, 0.25) is 0 Å². The summed E-state index contributed by atoms with van der Waals surface area (Å²) in [5.41, 5.74) is -1.25. The fraction of sp³-hybridized carbons (Fsp3) is 0.625. The van der Waals surface area contributed by atoms with E-state index in [1.807, 2.05) is 18.7 Å². The third kappa shape index (κ3) is 5.60. The zero-order chi connectivity index (χ0) is 17.2. The number of halogens is 7. The Morgan fingerprint density at radius 1 is 1.20 bits per heavy atom. The van der Waals surface area contributed by atoms with Crippen LogP contribution in [0.2, 0.25) is 5.02 Å². The van der Waals surface area contributed by atoms with E-state index in [9.17, 15) is 17.6 Å². The standard InChI is InChI=1S/C16H21ClF4N2.2ClH/c1-3-10(2)15(23-8-6-22-7-9-23)13-11(16(19,20)21)4-5-12(17)14(13)18;;/h4-5,10,15,22H,3,6-9H2,1-2H3;2*1H/t10?,15-;;/m0../s1. The molecule has 2 rings (SSSR count). The number of rotatable bonds is 4. The van der Waals surface area contributed by atoms with Gasteiger partial charge >= 0.3 is 6.18 Å². The van der Waals surface area contributed by atoms with Crippen molar-refractivity contribution >= 4 is 36.4 Å². The van der Waals surface area contributed by atoms with Crippen LogP contribution in [-0.4, -0.2) is 31.1 Å². The first-order valence-electron chi connectivity index (χ1n) is 7.77. The van der Waals surface area contributed by atoms with E-state index in [4.69, 9.17) is 11.6 Å². The zero-order valence-electron chi connectivity index (χ0n) is 14.0. The Morgan fingerprint density at radius 3 is 2.24 bits per heavy atom. The van der Waals surface area contributed by atoms with Gasteiger partial charge in [0.15, 0.2) is 0 Å². The van der Waals surface area contributed by atoms with E-state index in [1.54, 1.807) is 0 Å². The molecule has 1 aliphatic heterocycles. The molecule has 1 aromatic rings. The average molecular weight is 426 g/mol. The summed E-state index contributed by atoms with van der Waals surface area (Å²) in [4.78, 5) is 1.93. The lowest BCUT2D eigenvalue weighted by Crippen LogP contribution is -2.47. The Balaban J connectivity index is 0.00000288. The molecule has 2 atom stereocenters. The zero-order valence-corrected chi connectivity index (χ0v) is 16.4. The van der Waals surface area contributed by atoms with Gasteiger partial charge in [-0.2, -0.15) is 13.2 Å². The molecule has 1 N–H and O–H groups in total. The van der Waals surface area contributed by atoms with Crippen molar-refractivity contribution in [1.82, 2.24) is 10.2 Å². The molecule has 146 valence electrons. The lowest BCUT2D eigenvalue weighted by Gasteiger charge is -2.39. The fourth-order valence-electron chi connectivity index (χ4n) is 3.11. The van der Waals surface area contributed by atoms with Crippen LogP contribution in [0.15, 0.2) is 12.1 Å². The molecule has 0 aliphatic carbocycles. The van der Waals surface area contributed by atoms with Crippen molar-refractivity contribution in [3.8, 4) is 0 Å². The summed E-state index contributed by atoms with van der Waals surface area (Å²) >= 11 is 5.79. The van der Waals surface area contributed by atoms with Crippen molar-refractivity contribution in [2.24, 2.45) is 5.92 Å². The maximum Gasteiger partial charge on any atom is 0.416 e. The average Bonchev–Trinajstić information content (AvgIpc) is 2.51. The van der Waals surface area contributed by atoms with Crippen molar-refractivity contribution in [3.05, 3.63) is 34.1 Å². The number of alkyl halides is 3. The Bertz CT molecular complexity index is 549. The predicted molar refractivity (Wildman–Crippen MR) is 97.5 cm³/mol. The highest BCUT2D eigenvalue weighted by atomic mass is 35.5. The van der Waals surface area contributed by atoms with Crippen LogP contribution in [0.3, 0.4) is 0 Å². The number of nitrogens with zero attached hydrogens (tertiary/aromatic N) is 1.